The number of pyridine rings is 1. The molecule has 2 fully saturated rings. The van der Waals surface area contributed by atoms with Crippen LogP contribution in [-0.2, 0) is 25.6 Å². The number of ether oxygens (including phenoxy) is 2. The van der Waals surface area contributed by atoms with Gasteiger partial charge in [0.2, 0.25) is 0 Å². The first kappa shape index (κ1) is 33.2. The van der Waals surface area contributed by atoms with Gasteiger partial charge in [-0.3, -0.25) is 9.88 Å². The Hall–Kier alpha value is -2.97. The highest BCUT2D eigenvalue weighted by atomic mass is 19.4. The maximum absolute atomic E-state index is 10.6. The molecule has 1 unspecified atom stereocenters. The summed E-state index contributed by atoms with van der Waals surface area (Å²) in [7, 11) is 0. The van der Waals surface area contributed by atoms with Crippen molar-refractivity contribution in [3.63, 3.8) is 0 Å². The second-order valence-electron chi connectivity index (χ2n) is 9.42. The molecule has 2 aliphatic rings. The number of hydrogen-bond donors (Lipinski definition) is 2. The highest BCUT2D eigenvalue weighted by Gasteiger charge is 2.43. The van der Waals surface area contributed by atoms with Crippen molar-refractivity contribution < 1.29 is 55.6 Å². The van der Waals surface area contributed by atoms with E-state index in [9.17, 15) is 26.3 Å². The molecule has 1 spiro atoms. The van der Waals surface area contributed by atoms with E-state index in [1.807, 2.05) is 0 Å². The van der Waals surface area contributed by atoms with Gasteiger partial charge in [-0.2, -0.15) is 26.3 Å². The van der Waals surface area contributed by atoms with Crippen LogP contribution in [0.1, 0.15) is 31.9 Å². The molecule has 0 aliphatic carbocycles. The number of piperidine rings is 1. The molecule has 40 heavy (non-hydrogen) atoms. The number of likely N-dealkylation sites (tertiary alicyclic amines) is 1. The maximum Gasteiger partial charge on any atom is 0.490 e. The van der Waals surface area contributed by atoms with Gasteiger partial charge in [0.25, 0.3) is 0 Å². The van der Waals surface area contributed by atoms with Crippen LogP contribution < -0.4 is 0 Å². The van der Waals surface area contributed by atoms with Crippen LogP contribution in [-0.4, -0.2) is 83.9 Å². The minimum absolute atomic E-state index is 0.417. The average Bonchev–Trinajstić information content (AvgIpc) is 2.89. The molecule has 224 valence electrons. The van der Waals surface area contributed by atoms with Gasteiger partial charge in [0.1, 0.15) is 0 Å². The topological polar surface area (TPSA) is 109 Å². The number of carboxylic acids is 2. The van der Waals surface area contributed by atoms with Gasteiger partial charge in [0.15, 0.2) is 0 Å². The number of nitrogens with zero attached hydrogens (tertiary/aromatic N) is 2. The Kier molecular flexibility index (Phi) is 12.1. The lowest BCUT2D eigenvalue weighted by Crippen LogP contribution is -2.49. The highest BCUT2D eigenvalue weighted by Crippen LogP contribution is 2.45. The van der Waals surface area contributed by atoms with Crippen molar-refractivity contribution in [3.05, 3.63) is 42.1 Å². The largest absolute Gasteiger partial charge is 0.490 e. The van der Waals surface area contributed by atoms with Crippen LogP contribution >= 0.6 is 0 Å². The zero-order chi connectivity index (χ0) is 30.0. The molecule has 0 radical (unpaired) electrons. The van der Waals surface area contributed by atoms with Gasteiger partial charge >= 0.3 is 24.3 Å². The van der Waals surface area contributed by atoms with E-state index in [0.717, 1.165) is 51.6 Å². The second kappa shape index (κ2) is 14.6. The Balaban J connectivity index is 0.000000333. The summed E-state index contributed by atoms with van der Waals surface area (Å²) in [5.74, 6) is -4.96. The zero-order valence-corrected chi connectivity index (χ0v) is 21.8. The Morgan fingerprint density at radius 1 is 1.00 bits per heavy atom. The fourth-order valence-electron chi connectivity index (χ4n) is 4.61. The number of alkyl halides is 6. The lowest BCUT2D eigenvalue weighted by atomic mass is 9.66. The summed E-state index contributed by atoms with van der Waals surface area (Å²) in [6.07, 6.45) is -6.48. The van der Waals surface area contributed by atoms with E-state index in [4.69, 9.17) is 34.3 Å². The normalized spacial score (nSPS) is 19.2. The smallest absolute Gasteiger partial charge is 0.475 e. The van der Waals surface area contributed by atoms with Crippen molar-refractivity contribution in [2.24, 2.45) is 11.3 Å². The molecule has 0 saturated carbocycles. The van der Waals surface area contributed by atoms with E-state index < -0.39 is 24.3 Å². The lowest BCUT2D eigenvalue weighted by molar-refractivity contribution is -0.193. The van der Waals surface area contributed by atoms with Crippen molar-refractivity contribution in [2.75, 3.05) is 39.5 Å². The molecule has 2 aromatic rings. The summed E-state index contributed by atoms with van der Waals surface area (Å²) in [6, 6.07) is 12.7. The molecular formula is C26H32F6N2O6. The molecule has 1 atom stereocenters. The molecule has 1 aromatic carbocycles. The van der Waals surface area contributed by atoms with Crippen molar-refractivity contribution in [1.29, 1.82) is 0 Å². The van der Waals surface area contributed by atoms with Crippen LogP contribution in [0.3, 0.4) is 0 Å². The van der Waals surface area contributed by atoms with Gasteiger partial charge in [-0.15, -0.1) is 0 Å². The van der Waals surface area contributed by atoms with Crippen molar-refractivity contribution in [2.45, 2.75) is 45.1 Å². The second-order valence-corrected chi connectivity index (χ2v) is 9.42. The summed E-state index contributed by atoms with van der Waals surface area (Å²) < 4.78 is 75.0. The number of hydrogen-bond acceptors (Lipinski definition) is 6. The van der Waals surface area contributed by atoms with Gasteiger partial charge in [0.05, 0.1) is 24.4 Å². The first-order chi connectivity index (χ1) is 18.7. The number of aliphatic carboxylic acids is 2. The third-order valence-corrected chi connectivity index (χ3v) is 6.83. The number of carbonyl (C=O) groups is 2. The molecule has 14 heteroatoms. The highest BCUT2D eigenvalue weighted by molar-refractivity contribution is 5.78. The standard InChI is InChI=1S/C22H30N2O2.2C2HF3O2/c1-2-25-16-19-17-26-14-11-22(19)9-12-24(13-10-22)15-20-8-7-18-5-3-4-6-21(18)23-20;2*3-2(4,5)1(6)7/h3-8,19H,2,9-17H2,1H3;2*(H,6,7). The van der Waals surface area contributed by atoms with Crippen LogP contribution in [0, 0.1) is 11.3 Å². The molecule has 3 heterocycles. The average molecular weight is 583 g/mol. The minimum Gasteiger partial charge on any atom is -0.475 e. The maximum atomic E-state index is 10.6. The first-order valence-electron chi connectivity index (χ1n) is 12.5. The Bertz CT molecular complexity index is 1080. The molecule has 8 nitrogen and oxygen atoms in total. The predicted molar refractivity (Wildman–Crippen MR) is 131 cm³/mol. The first-order valence-corrected chi connectivity index (χ1v) is 12.5. The summed E-state index contributed by atoms with van der Waals surface area (Å²) in [5.41, 5.74) is 2.69. The predicted octanol–water partition coefficient (Wildman–Crippen LogP) is 5.16. The van der Waals surface area contributed by atoms with E-state index in [1.165, 1.54) is 30.3 Å². The summed E-state index contributed by atoms with van der Waals surface area (Å²) in [6.45, 7) is 8.76. The molecule has 2 saturated heterocycles. The summed E-state index contributed by atoms with van der Waals surface area (Å²) in [4.78, 5) is 25.2. The molecular weight excluding hydrogens is 550 g/mol. The van der Waals surface area contributed by atoms with E-state index >= 15 is 0 Å². The molecule has 0 bridgehead atoms. The Morgan fingerprint density at radius 2 is 1.57 bits per heavy atom. The molecule has 2 N–H and O–H groups in total. The number of carboxylic acid groups (broad SMARTS) is 2. The third-order valence-electron chi connectivity index (χ3n) is 6.83. The van der Waals surface area contributed by atoms with E-state index in [-0.39, 0.29) is 0 Å². The summed E-state index contributed by atoms with van der Waals surface area (Å²) in [5, 5.41) is 15.5. The monoisotopic (exact) mass is 582 g/mol. The van der Waals surface area contributed by atoms with Gasteiger partial charge < -0.3 is 19.7 Å². The van der Waals surface area contributed by atoms with E-state index in [2.05, 4.69) is 48.2 Å². The number of aromatic nitrogens is 1. The summed E-state index contributed by atoms with van der Waals surface area (Å²) >= 11 is 0. The number of para-hydroxylation sites is 1. The van der Waals surface area contributed by atoms with Gasteiger partial charge in [-0.25, -0.2) is 9.59 Å². The Labute approximate surface area is 226 Å². The van der Waals surface area contributed by atoms with Crippen LogP contribution in [0.2, 0.25) is 0 Å². The Morgan fingerprint density at radius 3 is 2.12 bits per heavy atom. The van der Waals surface area contributed by atoms with Crippen molar-refractivity contribution in [3.8, 4) is 0 Å². The lowest BCUT2D eigenvalue weighted by Gasteiger charge is -2.49. The fraction of sp³-hybridized carbons (Fsp3) is 0.577. The van der Waals surface area contributed by atoms with Crippen LogP contribution in [0.4, 0.5) is 26.3 Å². The molecule has 4 rings (SSSR count). The van der Waals surface area contributed by atoms with Gasteiger partial charge in [-0.05, 0) is 56.8 Å². The number of halogens is 6. The van der Waals surface area contributed by atoms with Crippen LogP contribution in [0.25, 0.3) is 10.9 Å². The van der Waals surface area contributed by atoms with Crippen LogP contribution in [0.5, 0.6) is 0 Å². The fourth-order valence-corrected chi connectivity index (χ4v) is 4.61. The van der Waals surface area contributed by atoms with E-state index in [1.54, 1.807) is 0 Å². The van der Waals surface area contributed by atoms with Crippen molar-refractivity contribution in [1.82, 2.24) is 9.88 Å². The van der Waals surface area contributed by atoms with Gasteiger partial charge in [-0.1, -0.05) is 24.3 Å². The number of benzene rings is 1. The zero-order valence-electron chi connectivity index (χ0n) is 21.8. The third kappa shape index (κ3) is 10.2. The quantitative estimate of drug-likeness (QED) is 0.466. The van der Waals surface area contributed by atoms with E-state index in [0.29, 0.717) is 11.3 Å². The van der Waals surface area contributed by atoms with Gasteiger partial charge in [0, 0.05) is 31.1 Å². The van der Waals surface area contributed by atoms with Crippen molar-refractivity contribution >= 4 is 22.8 Å². The van der Waals surface area contributed by atoms with Crippen LogP contribution in [0.15, 0.2) is 36.4 Å². The molecule has 2 aliphatic heterocycles. The molecule has 0 amide bonds. The molecule has 1 aromatic heterocycles. The SMILES string of the molecule is CCOCC1COCCC12CCN(Cc1ccc3ccccc3n1)CC2.O=C(O)C(F)(F)F.O=C(O)C(F)(F)F. The number of rotatable bonds is 5. The number of fused-ring (bicyclic) bond motifs is 1. The minimum atomic E-state index is -5.08.